The predicted molar refractivity (Wildman–Crippen MR) is 56.7 cm³/mol. The molecule has 0 aliphatic rings. The van der Waals surface area contributed by atoms with Crippen LogP contribution in [0.2, 0.25) is 0 Å². The lowest BCUT2D eigenvalue weighted by Gasteiger charge is -2.35. The van der Waals surface area contributed by atoms with Crippen LogP contribution in [-0.4, -0.2) is 47.7 Å². The van der Waals surface area contributed by atoms with Crippen molar-refractivity contribution in [1.29, 1.82) is 0 Å². The minimum Gasteiger partial charge on any atom is -0.387 e. The summed E-state index contributed by atoms with van der Waals surface area (Å²) in [5.41, 5.74) is -4.55. The van der Waals surface area contributed by atoms with Crippen LogP contribution in [0.25, 0.3) is 0 Å². The fourth-order valence-electron chi connectivity index (χ4n) is 1.03. The number of sulfone groups is 1. The van der Waals surface area contributed by atoms with Gasteiger partial charge in [0, 0.05) is 6.26 Å². The van der Waals surface area contributed by atoms with Gasteiger partial charge in [-0.15, -0.1) is 0 Å². The lowest BCUT2D eigenvalue weighted by Crippen LogP contribution is -2.62. The Morgan fingerprint density at radius 2 is 1.81 bits per heavy atom. The van der Waals surface area contributed by atoms with Gasteiger partial charge in [-0.3, -0.25) is 9.88 Å². The molecule has 0 saturated carbocycles. The molecule has 94 valence electrons. The van der Waals surface area contributed by atoms with E-state index in [1.165, 1.54) is 0 Å². The van der Waals surface area contributed by atoms with Crippen LogP contribution in [0, 0.1) is 0 Å². The normalized spacial score (nSPS) is 16.8. The minimum absolute atomic E-state index is 0.788. The Morgan fingerprint density at radius 1 is 1.38 bits per heavy atom. The van der Waals surface area contributed by atoms with Gasteiger partial charge in [0.05, 0.1) is 11.4 Å². The molecular formula is C7H14NO6PS. The SMILES string of the molecule is CC(C)(O)C(O)(CS(C)(=O)=O)C(=O)NP=O. The van der Waals surface area contributed by atoms with Gasteiger partial charge >= 0.3 is 0 Å². The first-order valence-corrected chi connectivity index (χ1v) is 7.06. The molecule has 3 N–H and O–H groups in total. The Morgan fingerprint density at radius 3 is 2.06 bits per heavy atom. The second-order valence-corrected chi connectivity index (χ2v) is 6.57. The number of carbonyl (C=O) groups is 1. The molecule has 0 bridgehead atoms. The molecule has 0 saturated heterocycles. The number of aliphatic hydroxyl groups is 2. The molecule has 9 heteroatoms. The van der Waals surface area contributed by atoms with Crippen LogP contribution >= 0.6 is 8.61 Å². The van der Waals surface area contributed by atoms with Crippen LogP contribution in [0.4, 0.5) is 0 Å². The van der Waals surface area contributed by atoms with Crippen LogP contribution in [0.5, 0.6) is 0 Å². The molecule has 0 fully saturated rings. The zero-order valence-corrected chi connectivity index (χ0v) is 10.8. The van der Waals surface area contributed by atoms with Crippen molar-refractivity contribution in [1.82, 2.24) is 5.09 Å². The van der Waals surface area contributed by atoms with Gasteiger partial charge in [-0.1, -0.05) is 0 Å². The molecule has 0 aromatic heterocycles. The predicted octanol–water partition coefficient (Wildman–Crippen LogP) is -1.14. The summed E-state index contributed by atoms with van der Waals surface area (Å²) in [6, 6.07) is 0. The summed E-state index contributed by atoms with van der Waals surface area (Å²) in [6.07, 6.45) is 0.811. The maximum atomic E-state index is 11.4. The van der Waals surface area contributed by atoms with E-state index in [-0.39, 0.29) is 0 Å². The summed E-state index contributed by atoms with van der Waals surface area (Å²) >= 11 is 0. The van der Waals surface area contributed by atoms with Crippen molar-refractivity contribution in [2.75, 3.05) is 12.0 Å². The largest absolute Gasteiger partial charge is 0.387 e. The second kappa shape index (κ2) is 4.75. The highest BCUT2D eigenvalue weighted by atomic mass is 32.2. The number of hydrogen-bond acceptors (Lipinski definition) is 6. The van der Waals surface area contributed by atoms with Gasteiger partial charge < -0.3 is 10.2 Å². The van der Waals surface area contributed by atoms with Crippen molar-refractivity contribution in [2.24, 2.45) is 0 Å². The van der Waals surface area contributed by atoms with Crippen LogP contribution in [0.3, 0.4) is 0 Å². The highest BCUT2D eigenvalue weighted by Crippen LogP contribution is 2.24. The van der Waals surface area contributed by atoms with E-state index in [0.717, 1.165) is 20.1 Å². The van der Waals surface area contributed by atoms with Crippen molar-refractivity contribution in [3.8, 4) is 0 Å². The zero-order valence-electron chi connectivity index (χ0n) is 9.09. The average molecular weight is 271 g/mol. The smallest absolute Gasteiger partial charge is 0.281 e. The number of nitrogens with one attached hydrogen (secondary N) is 1. The van der Waals surface area contributed by atoms with Crippen molar-refractivity contribution < 1.29 is 28.0 Å². The van der Waals surface area contributed by atoms with E-state index in [4.69, 9.17) is 0 Å². The van der Waals surface area contributed by atoms with Crippen LogP contribution in [0.15, 0.2) is 0 Å². The van der Waals surface area contributed by atoms with Crippen molar-refractivity contribution in [3.63, 3.8) is 0 Å². The Bertz CT molecular complexity index is 386. The first-order valence-electron chi connectivity index (χ1n) is 4.19. The quantitative estimate of drug-likeness (QED) is 0.543. The molecule has 0 aliphatic carbocycles. The van der Waals surface area contributed by atoms with E-state index in [2.05, 4.69) is 0 Å². The zero-order chi connectivity index (χ0) is 13.2. The number of rotatable bonds is 5. The maximum absolute atomic E-state index is 11.4. The maximum Gasteiger partial charge on any atom is 0.281 e. The molecule has 0 aromatic rings. The third-order valence-electron chi connectivity index (χ3n) is 2.01. The minimum atomic E-state index is -3.70. The monoisotopic (exact) mass is 271 g/mol. The van der Waals surface area contributed by atoms with Crippen LogP contribution < -0.4 is 5.09 Å². The third kappa shape index (κ3) is 3.79. The topological polar surface area (TPSA) is 121 Å². The molecule has 7 nitrogen and oxygen atoms in total. The van der Waals surface area contributed by atoms with E-state index in [9.17, 15) is 28.0 Å². The van der Waals surface area contributed by atoms with Gasteiger partial charge in [-0.05, 0) is 13.8 Å². The van der Waals surface area contributed by atoms with Crippen molar-refractivity contribution in [2.45, 2.75) is 25.0 Å². The number of hydrogen-bond donors (Lipinski definition) is 3. The van der Waals surface area contributed by atoms with Gasteiger partial charge in [-0.2, -0.15) is 0 Å². The van der Waals surface area contributed by atoms with Gasteiger partial charge in [0.25, 0.3) is 14.5 Å². The van der Waals surface area contributed by atoms with E-state index < -0.39 is 41.3 Å². The van der Waals surface area contributed by atoms with Gasteiger partial charge in [-0.25, -0.2) is 13.0 Å². The molecule has 1 atom stereocenters. The van der Waals surface area contributed by atoms with E-state index >= 15 is 0 Å². The van der Waals surface area contributed by atoms with Gasteiger partial charge in [0.2, 0.25) is 0 Å². The summed E-state index contributed by atoms with van der Waals surface area (Å²) in [5, 5.41) is 21.2. The van der Waals surface area contributed by atoms with Crippen molar-refractivity contribution in [3.05, 3.63) is 0 Å². The lowest BCUT2D eigenvalue weighted by molar-refractivity contribution is -0.160. The van der Waals surface area contributed by atoms with Crippen LogP contribution in [0.1, 0.15) is 13.8 Å². The van der Waals surface area contributed by atoms with E-state index in [1.54, 1.807) is 5.09 Å². The molecule has 0 aromatic carbocycles. The first kappa shape index (κ1) is 15.4. The Balaban J connectivity index is 5.37. The van der Waals surface area contributed by atoms with E-state index in [1.807, 2.05) is 0 Å². The summed E-state index contributed by atoms with van der Waals surface area (Å²) in [6.45, 7) is 2.17. The molecule has 0 heterocycles. The first-order chi connectivity index (χ1) is 6.94. The summed E-state index contributed by atoms with van der Waals surface area (Å²) in [7, 11) is -4.49. The Labute approximate surface area is 95.0 Å². The summed E-state index contributed by atoms with van der Waals surface area (Å²) in [5.74, 6) is -2.19. The third-order valence-corrected chi connectivity index (χ3v) is 3.24. The standard InChI is InChI=1S/C7H14NO6PS/c1-6(2,10)7(11,4-16(3,13)14)5(9)8-15-12/h10-11H,4H2,1-3H3,(H,8,9,12). The highest BCUT2D eigenvalue weighted by molar-refractivity contribution is 7.90. The van der Waals surface area contributed by atoms with E-state index in [0.29, 0.717) is 0 Å². The molecule has 0 spiro atoms. The Kier molecular flexibility index (Phi) is 4.58. The fraction of sp³-hybridized carbons (Fsp3) is 0.857. The molecular weight excluding hydrogens is 257 g/mol. The lowest BCUT2D eigenvalue weighted by atomic mass is 9.87. The molecule has 1 unspecified atom stereocenters. The molecule has 0 aliphatic heterocycles. The highest BCUT2D eigenvalue weighted by Gasteiger charge is 2.51. The molecule has 1 amide bonds. The second-order valence-electron chi connectivity index (χ2n) is 4.02. The Hall–Kier alpha value is -0.560. The van der Waals surface area contributed by atoms with Gasteiger partial charge in [0.1, 0.15) is 0 Å². The van der Waals surface area contributed by atoms with Crippen LogP contribution in [-0.2, 0) is 19.2 Å². The number of amides is 1. The van der Waals surface area contributed by atoms with Crippen molar-refractivity contribution >= 4 is 24.4 Å². The molecule has 16 heavy (non-hydrogen) atoms. The molecule has 0 radical (unpaired) electrons. The summed E-state index contributed by atoms with van der Waals surface area (Å²) in [4.78, 5) is 11.4. The number of carbonyl (C=O) groups excluding carboxylic acids is 1. The molecule has 0 rings (SSSR count). The fourth-order valence-corrected chi connectivity index (χ4v) is 2.54. The summed E-state index contributed by atoms with van der Waals surface area (Å²) < 4.78 is 32.3. The van der Waals surface area contributed by atoms with Gasteiger partial charge in [0.15, 0.2) is 15.4 Å². The average Bonchev–Trinajstić information content (AvgIpc) is 1.99.